The molecule has 1 aromatic rings. The first kappa shape index (κ1) is 10.8. The molecule has 0 amide bonds. The number of rotatable bonds is 1. The zero-order chi connectivity index (χ0) is 12.4. The van der Waals surface area contributed by atoms with Gasteiger partial charge < -0.3 is 4.90 Å². The summed E-state index contributed by atoms with van der Waals surface area (Å²) >= 11 is 0. The van der Waals surface area contributed by atoms with Crippen molar-refractivity contribution in [1.82, 2.24) is 4.90 Å². The van der Waals surface area contributed by atoms with Crippen molar-refractivity contribution in [2.24, 2.45) is 4.99 Å². The number of nitrogens with zero attached hydrogens (tertiary/aromatic N) is 2. The van der Waals surface area contributed by atoms with Crippen molar-refractivity contribution in [3.63, 3.8) is 0 Å². The summed E-state index contributed by atoms with van der Waals surface area (Å²) in [4.78, 5) is 6.49. The minimum atomic E-state index is 1.05. The van der Waals surface area contributed by atoms with Crippen LogP contribution in [0.15, 0.2) is 71.5 Å². The minimum absolute atomic E-state index is 1.05. The van der Waals surface area contributed by atoms with Gasteiger partial charge in [-0.05, 0) is 24.3 Å². The van der Waals surface area contributed by atoms with Crippen LogP contribution < -0.4 is 0 Å². The molecule has 2 aliphatic heterocycles. The van der Waals surface area contributed by atoms with Crippen LogP contribution in [0, 0.1) is 0 Å². The molecule has 0 spiro atoms. The van der Waals surface area contributed by atoms with Crippen LogP contribution in [-0.4, -0.2) is 18.2 Å². The van der Waals surface area contributed by atoms with Gasteiger partial charge in [-0.25, -0.2) is 0 Å². The van der Waals surface area contributed by atoms with E-state index in [-0.39, 0.29) is 0 Å². The molecule has 0 saturated heterocycles. The molecule has 0 saturated carbocycles. The highest BCUT2D eigenvalue weighted by Crippen LogP contribution is 2.30. The standard InChI is InChI=1S/C16H14N2/c1-18-11-5-4-6-14(18)10-9-13-12-17-16-8-3-2-7-15(13)16/h2-12H,1H3/b13-9+,14-10+. The summed E-state index contributed by atoms with van der Waals surface area (Å²) < 4.78 is 0. The van der Waals surface area contributed by atoms with Gasteiger partial charge >= 0.3 is 0 Å². The lowest BCUT2D eigenvalue weighted by Crippen LogP contribution is -2.09. The van der Waals surface area contributed by atoms with E-state index in [2.05, 4.69) is 34.2 Å². The van der Waals surface area contributed by atoms with Gasteiger partial charge in [-0.2, -0.15) is 0 Å². The Hall–Kier alpha value is -2.35. The van der Waals surface area contributed by atoms with E-state index in [1.807, 2.05) is 49.8 Å². The van der Waals surface area contributed by atoms with Gasteiger partial charge in [-0.3, -0.25) is 4.99 Å². The highest BCUT2D eigenvalue weighted by atomic mass is 15.1. The van der Waals surface area contributed by atoms with E-state index in [0.717, 1.165) is 11.3 Å². The van der Waals surface area contributed by atoms with Gasteiger partial charge in [-0.15, -0.1) is 0 Å². The summed E-state index contributed by atoms with van der Waals surface area (Å²) in [5.41, 5.74) is 4.58. The van der Waals surface area contributed by atoms with E-state index in [1.54, 1.807) is 0 Å². The Morgan fingerprint density at radius 1 is 1.11 bits per heavy atom. The van der Waals surface area contributed by atoms with Crippen LogP contribution in [0.5, 0.6) is 0 Å². The average Bonchev–Trinajstić information content (AvgIpc) is 2.81. The predicted molar refractivity (Wildman–Crippen MR) is 76.7 cm³/mol. The molecule has 88 valence electrons. The highest BCUT2D eigenvalue weighted by Gasteiger charge is 2.09. The van der Waals surface area contributed by atoms with Crippen LogP contribution in [0.4, 0.5) is 5.69 Å². The summed E-state index contributed by atoms with van der Waals surface area (Å²) in [5, 5.41) is 0. The molecule has 0 atom stereocenters. The van der Waals surface area contributed by atoms with Crippen molar-refractivity contribution in [3.05, 3.63) is 72.1 Å². The Bertz CT molecular complexity index is 616. The summed E-state index contributed by atoms with van der Waals surface area (Å²) in [5.74, 6) is 0. The topological polar surface area (TPSA) is 15.6 Å². The van der Waals surface area contributed by atoms with E-state index in [9.17, 15) is 0 Å². The molecule has 2 nitrogen and oxygen atoms in total. The molecule has 0 unspecified atom stereocenters. The molecule has 18 heavy (non-hydrogen) atoms. The smallest absolute Gasteiger partial charge is 0.0708 e. The van der Waals surface area contributed by atoms with Crippen molar-refractivity contribution in [3.8, 4) is 0 Å². The summed E-state index contributed by atoms with van der Waals surface area (Å²) in [6, 6.07) is 8.20. The second kappa shape index (κ2) is 4.49. The maximum absolute atomic E-state index is 4.40. The first-order valence-corrected chi connectivity index (χ1v) is 5.98. The number of benzene rings is 1. The fourth-order valence-corrected chi connectivity index (χ4v) is 2.06. The normalized spacial score (nSPS) is 21.1. The van der Waals surface area contributed by atoms with Gasteiger partial charge in [0.15, 0.2) is 0 Å². The monoisotopic (exact) mass is 234 g/mol. The van der Waals surface area contributed by atoms with Crippen molar-refractivity contribution in [2.75, 3.05) is 7.05 Å². The number of hydrogen-bond donors (Lipinski definition) is 0. The second-order valence-electron chi connectivity index (χ2n) is 4.30. The summed E-state index contributed by atoms with van der Waals surface area (Å²) in [7, 11) is 2.04. The minimum Gasteiger partial charge on any atom is -0.351 e. The number of likely N-dealkylation sites (N-methyl/N-ethyl adjacent to an activating group) is 1. The van der Waals surface area contributed by atoms with Gasteiger partial charge in [0.05, 0.1) is 5.69 Å². The Morgan fingerprint density at radius 2 is 2.00 bits per heavy atom. The quantitative estimate of drug-likeness (QED) is 0.723. The maximum atomic E-state index is 4.40. The van der Waals surface area contributed by atoms with Gasteiger partial charge in [0.1, 0.15) is 0 Å². The van der Waals surface area contributed by atoms with Crippen LogP contribution in [0.3, 0.4) is 0 Å². The molecule has 0 radical (unpaired) electrons. The number of hydrogen-bond acceptors (Lipinski definition) is 2. The van der Waals surface area contributed by atoms with E-state index in [1.165, 1.54) is 11.3 Å². The molecule has 0 bridgehead atoms. The van der Waals surface area contributed by atoms with Gasteiger partial charge in [0, 0.05) is 36.3 Å². The lowest BCUT2D eigenvalue weighted by Gasteiger charge is -2.17. The van der Waals surface area contributed by atoms with E-state index in [4.69, 9.17) is 0 Å². The molecular weight excluding hydrogens is 220 g/mol. The highest BCUT2D eigenvalue weighted by molar-refractivity contribution is 6.16. The third-order valence-electron chi connectivity index (χ3n) is 3.09. The van der Waals surface area contributed by atoms with E-state index in [0.29, 0.717) is 0 Å². The van der Waals surface area contributed by atoms with Crippen LogP contribution >= 0.6 is 0 Å². The Kier molecular flexibility index (Phi) is 2.69. The molecule has 2 heteroatoms. The number of aliphatic imine (C=N–C) groups is 1. The molecule has 2 heterocycles. The first-order chi connectivity index (χ1) is 8.84. The molecule has 3 rings (SSSR count). The Morgan fingerprint density at radius 3 is 2.89 bits per heavy atom. The van der Waals surface area contributed by atoms with Gasteiger partial charge in [0.25, 0.3) is 0 Å². The molecule has 2 aliphatic rings. The number of fused-ring (bicyclic) bond motifs is 1. The Balaban J connectivity index is 1.92. The third-order valence-corrected chi connectivity index (χ3v) is 3.09. The van der Waals surface area contributed by atoms with Crippen molar-refractivity contribution in [2.45, 2.75) is 0 Å². The lowest BCUT2D eigenvalue weighted by molar-refractivity contribution is 0.584. The number of allylic oxidation sites excluding steroid dienone is 6. The molecular formula is C16H14N2. The zero-order valence-corrected chi connectivity index (χ0v) is 10.2. The van der Waals surface area contributed by atoms with Gasteiger partial charge in [0.2, 0.25) is 0 Å². The zero-order valence-electron chi connectivity index (χ0n) is 10.2. The lowest BCUT2D eigenvalue weighted by atomic mass is 10.1. The van der Waals surface area contributed by atoms with Crippen LogP contribution in [0.1, 0.15) is 5.56 Å². The fraction of sp³-hybridized carbons (Fsp3) is 0.0625. The molecule has 0 N–H and O–H groups in total. The largest absolute Gasteiger partial charge is 0.351 e. The summed E-state index contributed by atoms with van der Waals surface area (Å²) in [6.45, 7) is 0. The predicted octanol–water partition coefficient (Wildman–Crippen LogP) is 3.69. The molecule has 0 aliphatic carbocycles. The average molecular weight is 234 g/mol. The van der Waals surface area contributed by atoms with Crippen LogP contribution in [-0.2, 0) is 0 Å². The SMILES string of the molecule is CN1C=CC=C/C1=C\C=C1/C=Nc2ccccc21. The Labute approximate surface area is 107 Å². The van der Waals surface area contributed by atoms with Crippen molar-refractivity contribution in [1.29, 1.82) is 0 Å². The fourth-order valence-electron chi connectivity index (χ4n) is 2.06. The molecule has 0 fully saturated rings. The maximum Gasteiger partial charge on any atom is 0.0708 e. The van der Waals surface area contributed by atoms with Crippen LogP contribution in [0.25, 0.3) is 5.57 Å². The van der Waals surface area contributed by atoms with Gasteiger partial charge in [-0.1, -0.05) is 30.4 Å². The van der Waals surface area contributed by atoms with Crippen molar-refractivity contribution < 1.29 is 0 Å². The van der Waals surface area contributed by atoms with Crippen LogP contribution in [0.2, 0.25) is 0 Å². The van der Waals surface area contributed by atoms with E-state index < -0.39 is 0 Å². The molecule has 0 aromatic heterocycles. The second-order valence-corrected chi connectivity index (χ2v) is 4.30. The summed E-state index contributed by atoms with van der Waals surface area (Å²) in [6.07, 6.45) is 14.4. The molecule has 1 aromatic carbocycles. The first-order valence-electron chi connectivity index (χ1n) is 5.98. The third kappa shape index (κ3) is 1.93. The number of para-hydroxylation sites is 1. The van der Waals surface area contributed by atoms with Crippen molar-refractivity contribution >= 4 is 17.5 Å². The van der Waals surface area contributed by atoms with E-state index >= 15 is 0 Å².